The van der Waals surface area contributed by atoms with Crippen LogP contribution in [0.25, 0.3) is 0 Å². The standard InChI is InChI=1S/C11H20O3/c1-5-6-9(4)10(12)7-11(13)14-8(2)3/h5,8-10,12H,1,6-7H2,2-4H3/t9-,10-/m1/s1. The molecule has 0 aromatic rings. The van der Waals surface area contributed by atoms with Gasteiger partial charge in [-0.3, -0.25) is 4.79 Å². The molecule has 3 nitrogen and oxygen atoms in total. The van der Waals surface area contributed by atoms with E-state index >= 15 is 0 Å². The number of esters is 1. The molecule has 0 amide bonds. The molecule has 0 bridgehead atoms. The van der Waals surface area contributed by atoms with Crippen LogP contribution >= 0.6 is 0 Å². The number of hydrogen-bond donors (Lipinski definition) is 1. The summed E-state index contributed by atoms with van der Waals surface area (Å²) in [5, 5.41) is 9.58. The lowest BCUT2D eigenvalue weighted by atomic mass is 9.98. The van der Waals surface area contributed by atoms with Crippen molar-refractivity contribution >= 4 is 5.97 Å². The second kappa shape index (κ2) is 6.60. The molecule has 0 aromatic heterocycles. The highest BCUT2D eigenvalue weighted by atomic mass is 16.5. The van der Waals surface area contributed by atoms with Crippen LogP contribution in [-0.2, 0) is 9.53 Å². The van der Waals surface area contributed by atoms with Gasteiger partial charge in [-0.1, -0.05) is 13.0 Å². The SMILES string of the molecule is C=CC[C@@H](C)[C@H](O)CC(=O)OC(C)C. The second-order valence-electron chi connectivity index (χ2n) is 3.81. The van der Waals surface area contributed by atoms with Gasteiger partial charge in [0.2, 0.25) is 0 Å². The van der Waals surface area contributed by atoms with E-state index in [0.717, 1.165) is 0 Å². The Bertz CT molecular complexity index is 187. The van der Waals surface area contributed by atoms with Crippen molar-refractivity contribution in [2.75, 3.05) is 0 Å². The Kier molecular flexibility index (Phi) is 6.21. The first-order valence-electron chi connectivity index (χ1n) is 4.95. The third kappa shape index (κ3) is 5.75. The van der Waals surface area contributed by atoms with E-state index in [1.165, 1.54) is 0 Å². The highest BCUT2D eigenvalue weighted by Gasteiger charge is 2.18. The minimum absolute atomic E-state index is 0.0483. The maximum absolute atomic E-state index is 11.2. The van der Waals surface area contributed by atoms with E-state index in [-0.39, 0.29) is 24.4 Å². The first kappa shape index (κ1) is 13.2. The summed E-state index contributed by atoms with van der Waals surface area (Å²) < 4.78 is 4.92. The van der Waals surface area contributed by atoms with Crippen LogP contribution < -0.4 is 0 Å². The van der Waals surface area contributed by atoms with Crippen molar-refractivity contribution in [3.63, 3.8) is 0 Å². The molecule has 2 atom stereocenters. The fraction of sp³-hybridized carbons (Fsp3) is 0.727. The average Bonchev–Trinajstić information content (AvgIpc) is 2.02. The van der Waals surface area contributed by atoms with E-state index in [0.29, 0.717) is 6.42 Å². The Morgan fingerprint density at radius 3 is 2.50 bits per heavy atom. The fourth-order valence-electron chi connectivity index (χ4n) is 1.10. The number of allylic oxidation sites excluding steroid dienone is 1. The van der Waals surface area contributed by atoms with Gasteiger partial charge in [0.25, 0.3) is 0 Å². The van der Waals surface area contributed by atoms with Gasteiger partial charge in [-0.25, -0.2) is 0 Å². The predicted octanol–water partition coefficient (Wildman–Crippen LogP) is 1.90. The summed E-state index contributed by atoms with van der Waals surface area (Å²) in [6.07, 6.45) is 1.74. The first-order valence-corrected chi connectivity index (χ1v) is 4.95. The Morgan fingerprint density at radius 2 is 2.07 bits per heavy atom. The molecule has 0 aliphatic carbocycles. The summed E-state index contributed by atoms with van der Waals surface area (Å²) in [4.78, 5) is 11.2. The van der Waals surface area contributed by atoms with E-state index in [2.05, 4.69) is 6.58 Å². The van der Waals surface area contributed by atoms with Crippen molar-refractivity contribution < 1.29 is 14.6 Å². The van der Waals surface area contributed by atoms with E-state index in [1.54, 1.807) is 19.9 Å². The third-order valence-corrected chi connectivity index (χ3v) is 1.94. The monoisotopic (exact) mass is 200 g/mol. The van der Waals surface area contributed by atoms with E-state index in [4.69, 9.17) is 4.74 Å². The lowest BCUT2D eigenvalue weighted by Gasteiger charge is -2.17. The molecule has 0 fully saturated rings. The molecule has 0 saturated heterocycles. The number of ether oxygens (including phenoxy) is 1. The van der Waals surface area contributed by atoms with Gasteiger partial charge in [0.1, 0.15) is 0 Å². The molecule has 0 heterocycles. The highest BCUT2D eigenvalue weighted by molar-refractivity contribution is 5.70. The molecule has 0 unspecified atom stereocenters. The number of rotatable bonds is 6. The van der Waals surface area contributed by atoms with E-state index < -0.39 is 6.10 Å². The van der Waals surface area contributed by atoms with Gasteiger partial charge in [0.15, 0.2) is 0 Å². The van der Waals surface area contributed by atoms with Gasteiger partial charge in [-0.15, -0.1) is 6.58 Å². The highest BCUT2D eigenvalue weighted by Crippen LogP contribution is 2.12. The molecule has 0 rings (SSSR count). The lowest BCUT2D eigenvalue weighted by Crippen LogP contribution is -2.23. The van der Waals surface area contributed by atoms with Crippen LogP contribution in [0.15, 0.2) is 12.7 Å². The third-order valence-electron chi connectivity index (χ3n) is 1.94. The maximum Gasteiger partial charge on any atom is 0.308 e. The number of hydrogen-bond acceptors (Lipinski definition) is 3. The van der Waals surface area contributed by atoms with Crippen LogP contribution in [0.1, 0.15) is 33.6 Å². The topological polar surface area (TPSA) is 46.5 Å². The fourth-order valence-corrected chi connectivity index (χ4v) is 1.10. The first-order chi connectivity index (χ1) is 6.47. The largest absolute Gasteiger partial charge is 0.463 e. The summed E-state index contributed by atoms with van der Waals surface area (Å²) >= 11 is 0. The molecule has 0 saturated carbocycles. The smallest absolute Gasteiger partial charge is 0.308 e. The van der Waals surface area contributed by atoms with Crippen molar-refractivity contribution in [1.82, 2.24) is 0 Å². The quantitative estimate of drug-likeness (QED) is 0.526. The van der Waals surface area contributed by atoms with Crippen molar-refractivity contribution in [2.24, 2.45) is 5.92 Å². The summed E-state index contributed by atoms with van der Waals surface area (Å²) in [5.41, 5.74) is 0. The Labute approximate surface area is 85.8 Å². The van der Waals surface area contributed by atoms with Crippen molar-refractivity contribution in [3.05, 3.63) is 12.7 Å². The summed E-state index contributed by atoms with van der Waals surface area (Å²) in [6, 6.07) is 0. The van der Waals surface area contributed by atoms with Gasteiger partial charge in [-0.05, 0) is 26.2 Å². The molecule has 0 aliphatic rings. The molecule has 0 aliphatic heterocycles. The zero-order chi connectivity index (χ0) is 11.1. The van der Waals surface area contributed by atoms with Gasteiger partial charge >= 0.3 is 5.97 Å². The summed E-state index contributed by atoms with van der Waals surface area (Å²) in [6.45, 7) is 9.05. The van der Waals surface area contributed by atoms with Crippen molar-refractivity contribution in [2.45, 2.75) is 45.8 Å². The van der Waals surface area contributed by atoms with Gasteiger partial charge in [-0.2, -0.15) is 0 Å². The van der Waals surface area contributed by atoms with Crippen molar-refractivity contribution in [3.8, 4) is 0 Å². The van der Waals surface area contributed by atoms with Crippen LogP contribution in [0.3, 0.4) is 0 Å². The van der Waals surface area contributed by atoms with Crippen molar-refractivity contribution in [1.29, 1.82) is 0 Å². The normalized spacial score (nSPS) is 14.9. The Morgan fingerprint density at radius 1 is 1.50 bits per heavy atom. The molecule has 82 valence electrons. The molecule has 0 aromatic carbocycles. The number of aliphatic hydroxyl groups is 1. The minimum atomic E-state index is -0.640. The summed E-state index contributed by atoms with van der Waals surface area (Å²) in [7, 11) is 0. The van der Waals surface area contributed by atoms with Crippen LogP contribution in [0.4, 0.5) is 0 Å². The zero-order valence-corrected chi connectivity index (χ0v) is 9.19. The van der Waals surface area contributed by atoms with Crippen LogP contribution in [0.5, 0.6) is 0 Å². The number of carbonyl (C=O) groups is 1. The Balaban J connectivity index is 3.86. The molecule has 14 heavy (non-hydrogen) atoms. The lowest BCUT2D eigenvalue weighted by molar-refractivity contribution is -0.150. The number of carbonyl (C=O) groups excluding carboxylic acids is 1. The average molecular weight is 200 g/mol. The van der Waals surface area contributed by atoms with Crippen LogP contribution in [0, 0.1) is 5.92 Å². The molecule has 0 spiro atoms. The molecule has 0 radical (unpaired) electrons. The molecule has 1 N–H and O–H groups in total. The molecular weight excluding hydrogens is 180 g/mol. The minimum Gasteiger partial charge on any atom is -0.463 e. The Hall–Kier alpha value is -0.830. The molecule has 3 heteroatoms. The van der Waals surface area contributed by atoms with E-state index in [1.807, 2.05) is 6.92 Å². The van der Waals surface area contributed by atoms with Gasteiger partial charge < -0.3 is 9.84 Å². The predicted molar refractivity (Wildman–Crippen MR) is 55.8 cm³/mol. The van der Waals surface area contributed by atoms with Gasteiger partial charge in [0.05, 0.1) is 18.6 Å². The van der Waals surface area contributed by atoms with E-state index in [9.17, 15) is 9.90 Å². The van der Waals surface area contributed by atoms with Gasteiger partial charge in [0, 0.05) is 0 Å². The van der Waals surface area contributed by atoms with Crippen LogP contribution in [0.2, 0.25) is 0 Å². The maximum atomic E-state index is 11.2. The van der Waals surface area contributed by atoms with Crippen LogP contribution in [-0.4, -0.2) is 23.3 Å². The number of aliphatic hydroxyl groups excluding tert-OH is 1. The summed E-state index contributed by atoms with van der Waals surface area (Å²) in [5.74, 6) is -0.296. The molecular formula is C11H20O3. The second-order valence-corrected chi connectivity index (χ2v) is 3.81. The zero-order valence-electron chi connectivity index (χ0n) is 9.19.